The van der Waals surface area contributed by atoms with E-state index >= 15 is 0 Å². The molecule has 1 amide bonds. The van der Waals surface area contributed by atoms with Gasteiger partial charge >= 0.3 is 11.9 Å². The number of rotatable bonds is 8. The highest BCUT2D eigenvalue weighted by Gasteiger charge is 2.22. The van der Waals surface area contributed by atoms with E-state index in [2.05, 4.69) is 10.3 Å². The summed E-state index contributed by atoms with van der Waals surface area (Å²) in [5.41, 5.74) is 6.99. The summed E-state index contributed by atoms with van der Waals surface area (Å²) in [6, 6.07) is 5.21. The quantitative estimate of drug-likeness (QED) is 0.475. The smallest absolute Gasteiger partial charge is 0.326 e. The molecular weight excluding hydrogens is 314 g/mol. The first kappa shape index (κ1) is 17.5. The van der Waals surface area contributed by atoms with Crippen LogP contribution in [0.4, 0.5) is 0 Å². The van der Waals surface area contributed by atoms with E-state index in [0.717, 1.165) is 16.5 Å². The first-order valence-corrected chi connectivity index (χ1v) is 7.44. The lowest BCUT2D eigenvalue weighted by atomic mass is 10.0. The monoisotopic (exact) mass is 333 g/mol. The minimum atomic E-state index is -1.20. The Balaban J connectivity index is 2.01. The summed E-state index contributed by atoms with van der Waals surface area (Å²) in [6.07, 6.45) is 1.63. The SMILES string of the molecule is N[C@H](CCC(=O)N[C@H](Cc1c[nH]c2ccccc12)C(=O)O)C(=O)O. The maximum absolute atomic E-state index is 11.8. The maximum atomic E-state index is 11.8. The summed E-state index contributed by atoms with van der Waals surface area (Å²) >= 11 is 0. The average Bonchev–Trinajstić information content (AvgIpc) is 2.95. The van der Waals surface area contributed by atoms with E-state index < -0.39 is 29.9 Å². The van der Waals surface area contributed by atoms with E-state index in [4.69, 9.17) is 10.8 Å². The van der Waals surface area contributed by atoms with Crippen molar-refractivity contribution in [1.82, 2.24) is 10.3 Å². The molecule has 2 aromatic rings. The number of nitrogens with two attached hydrogens (primary N) is 1. The molecule has 24 heavy (non-hydrogen) atoms. The minimum absolute atomic E-state index is 0.0550. The number of nitrogens with one attached hydrogen (secondary N) is 2. The van der Waals surface area contributed by atoms with Crippen LogP contribution in [0.15, 0.2) is 30.5 Å². The van der Waals surface area contributed by atoms with Crippen LogP contribution < -0.4 is 11.1 Å². The van der Waals surface area contributed by atoms with Gasteiger partial charge in [-0.1, -0.05) is 18.2 Å². The molecule has 1 aromatic heterocycles. The van der Waals surface area contributed by atoms with Gasteiger partial charge in [0.25, 0.3) is 0 Å². The zero-order valence-corrected chi connectivity index (χ0v) is 12.9. The van der Waals surface area contributed by atoms with Crippen molar-refractivity contribution >= 4 is 28.7 Å². The van der Waals surface area contributed by atoms with Gasteiger partial charge in [-0.25, -0.2) is 4.79 Å². The number of para-hydroxylation sites is 1. The number of aromatic nitrogens is 1. The van der Waals surface area contributed by atoms with Gasteiger partial charge in [-0.2, -0.15) is 0 Å². The topological polar surface area (TPSA) is 146 Å². The summed E-state index contributed by atoms with van der Waals surface area (Å²) in [4.78, 5) is 36.9. The van der Waals surface area contributed by atoms with Crippen molar-refractivity contribution < 1.29 is 24.6 Å². The number of carbonyl (C=O) groups excluding carboxylic acids is 1. The number of carboxylic acid groups (broad SMARTS) is 2. The van der Waals surface area contributed by atoms with E-state index in [-0.39, 0.29) is 19.3 Å². The molecule has 0 fully saturated rings. The number of hydrogen-bond acceptors (Lipinski definition) is 4. The van der Waals surface area contributed by atoms with Gasteiger partial charge in [0.1, 0.15) is 12.1 Å². The van der Waals surface area contributed by atoms with Crippen molar-refractivity contribution in [3.8, 4) is 0 Å². The zero-order chi connectivity index (χ0) is 17.7. The number of hydrogen-bond donors (Lipinski definition) is 5. The Labute approximate surface area is 137 Å². The molecule has 0 aliphatic rings. The average molecular weight is 333 g/mol. The van der Waals surface area contributed by atoms with E-state index in [9.17, 15) is 19.5 Å². The first-order valence-electron chi connectivity index (χ1n) is 7.44. The van der Waals surface area contributed by atoms with E-state index in [1.54, 1.807) is 6.20 Å². The largest absolute Gasteiger partial charge is 0.480 e. The standard InChI is InChI=1S/C16H19N3O5/c17-11(15(21)22)5-6-14(20)19-13(16(23)24)7-9-8-18-12-4-2-1-3-10(9)12/h1-4,8,11,13,18H,5-7,17H2,(H,19,20)(H,21,22)(H,23,24)/t11-,13-/m1/s1. The Bertz CT molecular complexity index is 755. The lowest BCUT2D eigenvalue weighted by molar-refractivity contribution is -0.142. The molecule has 2 rings (SSSR count). The van der Waals surface area contributed by atoms with Gasteiger partial charge in [-0.15, -0.1) is 0 Å². The second-order valence-electron chi connectivity index (χ2n) is 5.51. The highest BCUT2D eigenvalue weighted by molar-refractivity contribution is 5.87. The van der Waals surface area contributed by atoms with Gasteiger partial charge in [0, 0.05) is 29.9 Å². The van der Waals surface area contributed by atoms with Gasteiger partial charge in [-0.05, 0) is 18.1 Å². The fourth-order valence-corrected chi connectivity index (χ4v) is 2.40. The van der Waals surface area contributed by atoms with Crippen molar-refractivity contribution in [2.75, 3.05) is 0 Å². The highest BCUT2D eigenvalue weighted by Crippen LogP contribution is 2.19. The van der Waals surface area contributed by atoms with Crippen molar-refractivity contribution in [2.45, 2.75) is 31.3 Å². The van der Waals surface area contributed by atoms with Crippen LogP contribution in [-0.4, -0.2) is 45.1 Å². The number of benzene rings is 1. The summed E-state index contributed by atoms with van der Waals surface area (Å²) in [6.45, 7) is 0. The Morgan fingerprint density at radius 2 is 1.88 bits per heavy atom. The van der Waals surface area contributed by atoms with Crippen LogP contribution in [0.5, 0.6) is 0 Å². The van der Waals surface area contributed by atoms with E-state index in [0.29, 0.717) is 0 Å². The molecule has 0 unspecified atom stereocenters. The molecule has 8 nitrogen and oxygen atoms in total. The molecule has 0 spiro atoms. The van der Waals surface area contributed by atoms with E-state index in [1.807, 2.05) is 24.3 Å². The Kier molecular flexibility index (Phi) is 5.54. The Morgan fingerprint density at radius 1 is 1.17 bits per heavy atom. The third-order valence-electron chi connectivity index (χ3n) is 3.73. The molecule has 128 valence electrons. The third-order valence-corrected chi connectivity index (χ3v) is 3.73. The Morgan fingerprint density at radius 3 is 2.54 bits per heavy atom. The number of carboxylic acids is 2. The van der Waals surface area contributed by atoms with Gasteiger partial charge in [0.15, 0.2) is 0 Å². The van der Waals surface area contributed by atoms with Crippen LogP contribution in [0.2, 0.25) is 0 Å². The summed E-state index contributed by atoms with van der Waals surface area (Å²) < 4.78 is 0. The number of amides is 1. The molecule has 0 saturated heterocycles. The molecule has 0 aliphatic heterocycles. The van der Waals surface area contributed by atoms with E-state index in [1.165, 1.54) is 0 Å². The molecule has 1 aromatic carbocycles. The van der Waals surface area contributed by atoms with Crippen molar-refractivity contribution in [3.05, 3.63) is 36.0 Å². The molecule has 0 bridgehead atoms. The zero-order valence-electron chi connectivity index (χ0n) is 12.9. The van der Waals surface area contributed by atoms with Gasteiger partial charge in [-0.3, -0.25) is 9.59 Å². The third kappa shape index (κ3) is 4.32. The fourth-order valence-electron chi connectivity index (χ4n) is 2.40. The predicted octanol–water partition coefficient (Wildman–Crippen LogP) is 0.472. The van der Waals surface area contributed by atoms with Gasteiger partial charge < -0.3 is 26.2 Å². The predicted molar refractivity (Wildman–Crippen MR) is 86.4 cm³/mol. The summed E-state index contributed by atoms with van der Waals surface area (Å²) in [5, 5.41) is 21.3. The molecule has 2 atom stereocenters. The lowest BCUT2D eigenvalue weighted by Gasteiger charge is -2.15. The first-order chi connectivity index (χ1) is 11.4. The van der Waals surface area contributed by atoms with Crippen molar-refractivity contribution in [2.24, 2.45) is 5.73 Å². The van der Waals surface area contributed by atoms with Crippen LogP contribution in [0.1, 0.15) is 18.4 Å². The van der Waals surface area contributed by atoms with Crippen LogP contribution in [-0.2, 0) is 20.8 Å². The normalized spacial score (nSPS) is 13.4. The molecule has 0 saturated carbocycles. The molecule has 0 aliphatic carbocycles. The molecule has 8 heteroatoms. The maximum Gasteiger partial charge on any atom is 0.326 e. The molecule has 1 heterocycles. The second-order valence-corrected chi connectivity index (χ2v) is 5.51. The van der Waals surface area contributed by atoms with Crippen LogP contribution in [0.25, 0.3) is 10.9 Å². The number of aliphatic carboxylic acids is 2. The lowest BCUT2D eigenvalue weighted by Crippen LogP contribution is -2.43. The molecule has 6 N–H and O–H groups in total. The second kappa shape index (κ2) is 7.60. The van der Waals surface area contributed by atoms with Crippen LogP contribution in [0, 0.1) is 0 Å². The number of H-pyrrole nitrogens is 1. The highest BCUT2D eigenvalue weighted by atomic mass is 16.4. The van der Waals surface area contributed by atoms with Crippen molar-refractivity contribution in [1.29, 1.82) is 0 Å². The molecule has 0 radical (unpaired) electrons. The van der Waals surface area contributed by atoms with Crippen molar-refractivity contribution in [3.63, 3.8) is 0 Å². The van der Waals surface area contributed by atoms with Crippen LogP contribution in [0.3, 0.4) is 0 Å². The van der Waals surface area contributed by atoms with Gasteiger partial charge in [0.05, 0.1) is 0 Å². The number of carbonyl (C=O) groups is 3. The van der Waals surface area contributed by atoms with Gasteiger partial charge in [0.2, 0.25) is 5.91 Å². The molecular formula is C16H19N3O5. The number of fused-ring (bicyclic) bond motifs is 1. The fraction of sp³-hybridized carbons (Fsp3) is 0.312. The minimum Gasteiger partial charge on any atom is -0.480 e. The van der Waals surface area contributed by atoms with Crippen LogP contribution >= 0.6 is 0 Å². The number of aromatic amines is 1. The summed E-state index contributed by atoms with van der Waals surface area (Å²) in [5.74, 6) is -2.90. The Hall–Kier alpha value is -2.87. The summed E-state index contributed by atoms with van der Waals surface area (Å²) in [7, 11) is 0.